The Morgan fingerprint density at radius 2 is 0.585 bits per heavy atom. The van der Waals surface area contributed by atoms with Gasteiger partial charge in [0.1, 0.15) is 5.82 Å². The van der Waals surface area contributed by atoms with E-state index in [9.17, 15) is 0 Å². The third-order valence-electron chi connectivity index (χ3n) is 12.8. The van der Waals surface area contributed by atoms with Crippen LogP contribution in [0.5, 0.6) is 0 Å². The number of nitrogens with zero attached hydrogens (tertiary/aromatic N) is 2. The van der Waals surface area contributed by atoms with E-state index >= 15 is 0 Å². The second kappa shape index (κ2) is 16.3. The lowest BCUT2D eigenvalue weighted by Gasteiger charge is -2.20. The van der Waals surface area contributed by atoms with Crippen molar-refractivity contribution in [3.05, 3.63) is 255 Å². The highest BCUT2D eigenvalue weighted by atomic mass is 15.1. The quantitative estimate of drug-likeness (QED) is 0.140. The number of hydrogen-bond acceptors (Lipinski definition) is 1. The summed E-state index contributed by atoms with van der Waals surface area (Å²) in [6, 6.07) is 92.0. The van der Waals surface area contributed by atoms with Crippen LogP contribution in [0, 0.1) is 0 Å². The van der Waals surface area contributed by atoms with E-state index < -0.39 is 0 Å². The molecule has 0 saturated heterocycles. The van der Waals surface area contributed by atoms with E-state index in [1.165, 1.54) is 77.2 Å². The van der Waals surface area contributed by atoms with Crippen LogP contribution in [0.1, 0.15) is 0 Å². The topological polar surface area (TPSA) is 17.8 Å². The number of fused-ring (bicyclic) bond motifs is 3. The van der Waals surface area contributed by atoms with Crippen molar-refractivity contribution in [1.29, 1.82) is 0 Å². The molecule has 0 saturated carbocycles. The molecule has 0 fully saturated rings. The van der Waals surface area contributed by atoms with Crippen LogP contribution in [0.15, 0.2) is 255 Å². The van der Waals surface area contributed by atoms with Crippen molar-refractivity contribution in [3.8, 4) is 83.8 Å². The standard InChI is InChI=1S/C63H42N2/c1-6-16-43(17-7-1)44-26-28-45(29-27-44)51-34-37-55-57(40-51)61(48-18-8-2-9-19-48)56-38-35-52(41-58(56)62(55)49-20-10-3-11-21-49)46-30-32-47(33-31-46)53-36-39-60-59(42-53)64-63(50-22-12-4-13-23-50)65(60)54-24-14-5-15-25-54/h1-42H. The van der Waals surface area contributed by atoms with Gasteiger partial charge in [-0.1, -0.05) is 218 Å². The Morgan fingerprint density at radius 3 is 1.05 bits per heavy atom. The molecule has 1 aromatic heterocycles. The first-order valence-electron chi connectivity index (χ1n) is 22.3. The second-order valence-electron chi connectivity index (χ2n) is 16.7. The summed E-state index contributed by atoms with van der Waals surface area (Å²) >= 11 is 0. The fourth-order valence-corrected chi connectivity index (χ4v) is 9.64. The van der Waals surface area contributed by atoms with Gasteiger partial charge >= 0.3 is 0 Å². The van der Waals surface area contributed by atoms with E-state index in [0.29, 0.717) is 0 Å². The molecule has 0 spiro atoms. The summed E-state index contributed by atoms with van der Waals surface area (Å²) < 4.78 is 2.26. The van der Waals surface area contributed by atoms with E-state index in [2.05, 4.69) is 253 Å². The van der Waals surface area contributed by atoms with Crippen LogP contribution in [0.2, 0.25) is 0 Å². The highest BCUT2D eigenvalue weighted by Gasteiger charge is 2.19. The van der Waals surface area contributed by atoms with Gasteiger partial charge in [0.25, 0.3) is 0 Å². The van der Waals surface area contributed by atoms with Gasteiger partial charge in [-0.2, -0.15) is 0 Å². The molecule has 0 aliphatic rings. The predicted molar refractivity (Wildman–Crippen MR) is 274 cm³/mol. The van der Waals surface area contributed by atoms with Gasteiger partial charge in [-0.25, -0.2) is 4.98 Å². The average molecular weight is 827 g/mol. The first-order valence-corrected chi connectivity index (χ1v) is 22.3. The molecule has 2 heteroatoms. The summed E-state index contributed by atoms with van der Waals surface area (Å²) in [4.78, 5) is 5.22. The Bertz CT molecular complexity index is 3630. The SMILES string of the molecule is c1ccc(-c2ccc(-c3ccc4c(-c5ccccc5)c5cc(-c6ccc(-c7ccc8c(c7)nc(-c7ccccc7)n8-c7ccccc7)cc6)ccc5c(-c5ccccc5)c4c3)cc2)cc1. The van der Waals surface area contributed by atoms with Crippen molar-refractivity contribution < 1.29 is 0 Å². The van der Waals surface area contributed by atoms with Crippen LogP contribution < -0.4 is 0 Å². The fraction of sp³-hybridized carbons (Fsp3) is 0. The van der Waals surface area contributed by atoms with E-state index in [4.69, 9.17) is 4.98 Å². The zero-order valence-electron chi connectivity index (χ0n) is 35.6. The maximum absolute atomic E-state index is 5.22. The summed E-state index contributed by atoms with van der Waals surface area (Å²) in [5.74, 6) is 0.933. The number of aromatic nitrogens is 2. The molecule has 2 nitrogen and oxygen atoms in total. The monoisotopic (exact) mass is 826 g/mol. The number of benzene rings is 11. The van der Waals surface area contributed by atoms with Crippen molar-refractivity contribution in [3.63, 3.8) is 0 Å². The predicted octanol–water partition coefficient (Wildman–Crippen LogP) is 17.0. The van der Waals surface area contributed by atoms with E-state index in [1.807, 2.05) is 6.07 Å². The van der Waals surface area contributed by atoms with Crippen molar-refractivity contribution in [2.45, 2.75) is 0 Å². The van der Waals surface area contributed by atoms with Gasteiger partial charge in [0.2, 0.25) is 0 Å². The zero-order valence-corrected chi connectivity index (χ0v) is 35.6. The van der Waals surface area contributed by atoms with Gasteiger partial charge in [-0.15, -0.1) is 0 Å². The van der Waals surface area contributed by atoms with Gasteiger partial charge in [0.15, 0.2) is 0 Å². The van der Waals surface area contributed by atoms with Gasteiger partial charge < -0.3 is 0 Å². The van der Waals surface area contributed by atoms with Gasteiger partial charge in [-0.3, -0.25) is 4.57 Å². The van der Waals surface area contributed by atoms with Crippen LogP contribution in [-0.4, -0.2) is 9.55 Å². The van der Waals surface area contributed by atoms with Crippen LogP contribution >= 0.6 is 0 Å². The van der Waals surface area contributed by atoms with E-state index in [0.717, 1.165) is 39.2 Å². The lowest BCUT2D eigenvalue weighted by atomic mass is 9.84. The molecule has 304 valence electrons. The minimum Gasteiger partial charge on any atom is -0.292 e. The minimum atomic E-state index is 0.933. The molecule has 0 amide bonds. The molecule has 0 N–H and O–H groups in total. The Labute approximate surface area is 379 Å². The second-order valence-corrected chi connectivity index (χ2v) is 16.7. The number of imidazole rings is 1. The third-order valence-corrected chi connectivity index (χ3v) is 12.8. The average Bonchev–Trinajstić information content (AvgIpc) is 3.78. The summed E-state index contributed by atoms with van der Waals surface area (Å²) in [5, 5.41) is 4.95. The molecule has 11 aromatic carbocycles. The smallest absolute Gasteiger partial charge is 0.145 e. The minimum absolute atomic E-state index is 0.933. The maximum Gasteiger partial charge on any atom is 0.145 e. The lowest BCUT2D eigenvalue weighted by Crippen LogP contribution is -1.97. The van der Waals surface area contributed by atoms with Gasteiger partial charge in [0, 0.05) is 11.3 Å². The van der Waals surface area contributed by atoms with Crippen molar-refractivity contribution in [2.75, 3.05) is 0 Å². The first kappa shape index (κ1) is 38.1. The molecule has 0 bridgehead atoms. The molecule has 0 aliphatic heterocycles. The Kier molecular flexibility index (Phi) is 9.54. The normalized spacial score (nSPS) is 11.4. The van der Waals surface area contributed by atoms with Crippen LogP contribution in [0.3, 0.4) is 0 Å². The summed E-state index contributed by atoms with van der Waals surface area (Å²) in [6.07, 6.45) is 0. The number of para-hydroxylation sites is 1. The molecule has 0 aliphatic carbocycles. The molecule has 0 unspecified atom stereocenters. The Balaban J connectivity index is 0.970. The summed E-state index contributed by atoms with van der Waals surface area (Å²) in [6.45, 7) is 0. The molecule has 1 heterocycles. The molecule has 12 rings (SSSR count). The van der Waals surface area contributed by atoms with E-state index in [-0.39, 0.29) is 0 Å². The Morgan fingerprint density at radius 1 is 0.246 bits per heavy atom. The van der Waals surface area contributed by atoms with Gasteiger partial charge in [0.05, 0.1) is 11.0 Å². The molecular formula is C63H42N2. The third kappa shape index (κ3) is 6.99. The fourth-order valence-electron chi connectivity index (χ4n) is 9.64. The highest BCUT2D eigenvalue weighted by molar-refractivity contribution is 6.22. The molecule has 65 heavy (non-hydrogen) atoms. The van der Waals surface area contributed by atoms with Crippen LogP contribution in [0.4, 0.5) is 0 Å². The summed E-state index contributed by atoms with van der Waals surface area (Å²) in [5.41, 5.74) is 18.6. The maximum atomic E-state index is 5.22. The zero-order chi connectivity index (χ0) is 43.1. The lowest BCUT2D eigenvalue weighted by molar-refractivity contribution is 1.10. The molecule has 0 atom stereocenters. The largest absolute Gasteiger partial charge is 0.292 e. The van der Waals surface area contributed by atoms with Crippen LogP contribution in [-0.2, 0) is 0 Å². The molecular weight excluding hydrogens is 785 g/mol. The Hall–Kier alpha value is -8.59. The summed E-state index contributed by atoms with van der Waals surface area (Å²) in [7, 11) is 0. The van der Waals surface area contributed by atoms with Crippen molar-refractivity contribution in [2.24, 2.45) is 0 Å². The first-order chi connectivity index (χ1) is 32.2. The van der Waals surface area contributed by atoms with Crippen LogP contribution in [0.25, 0.3) is 116 Å². The number of rotatable bonds is 8. The van der Waals surface area contributed by atoms with Crippen molar-refractivity contribution in [1.82, 2.24) is 9.55 Å². The van der Waals surface area contributed by atoms with Crippen molar-refractivity contribution >= 4 is 32.6 Å². The molecule has 12 aromatic rings. The highest BCUT2D eigenvalue weighted by Crippen LogP contribution is 2.46. The van der Waals surface area contributed by atoms with Gasteiger partial charge in [-0.05, 0) is 125 Å². The van der Waals surface area contributed by atoms with E-state index in [1.54, 1.807) is 0 Å². The molecule has 0 radical (unpaired) electrons. The number of hydrogen-bond donors (Lipinski definition) is 0.